The van der Waals surface area contributed by atoms with Gasteiger partial charge in [-0.25, -0.2) is 4.79 Å². The van der Waals surface area contributed by atoms with Crippen LogP contribution in [0.5, 0.6) is 0 Å². The second kappa shape index (κ2) is 4.56. The Morgan fingerprint density at radius 3 is 3.08 bits per heavy atom. The number of ether oxygens (including phenoxy) is 1. The average Bonchev–Trinajstić information content (AvgIpc) is 2.59. The number of carbonyl (C=O) groups is 1. The van der Waals surface area contributed by atoms with Gasteiger partial charge in [0.2, 0.25) is 5.71 Å². The van der Waals surface area contributed by atoms with Crippen molar-refractivity contribution in [2.75, 3.05) is 6.61 Å². The van der Waals surface area contributed by atoms with Gasteiger partial charge in [-0.3, -0.25) is 4.98 Å². The van der Waals surface area contributed by atoms with Gasteiger partial charge in [0.1, 0.15) is 0 Å². The van der Waals surface area contributed by atoms with Gasteiger partial charge >= 0.3 is 5.97 Å². The van der Waals surface area contributed by atoms with E-state index in [9.17, 15) is 4.79 Å². The first-order valence-electron chi connectivity index (χ1n) is 3.57. The molecule has 0 spiro atoms. The summed E-state index contributed by atoms with van der Waals surface area (Å²) >= 11 is 1.21. The van der Waals surface area contributed by atoms with E-state index in [0.29, 0.717) is 4.88 Å². The lowest BCUT2D eigenvalue weighted by molar-refractivity contribution is -0.135. The Hall–Kier alpha value is -1.43. The van der Waals surface area contributed by atoms with Crippen LogP contribution in [-0.2, 0) is 9.53 Å². The van der Waals surface area contributed by atoms with Crippen LogP contribution in [-0.4, -0.2) is 28.5 Å². The minimum atomic E-state index is -0.644. The monoisotopic (exact) mass is 200 g/mol. The maximum absolute atomic E-state index is 11.1. The Morgan fingerprint density at radius 2 is 2.62 bits per heavy atom. The predicted molar refractivity (Wildman–Crippen MR) is 47.1 cm³/mol. The van der Waals surface area contributed by atoms with Crippen LogP contribution in [0.2, 0.25) is 0 Å². The number of thiazole rings is 1. The highest BCUT2D eigenvalue weighted by atomic mass is 32.1. The van der Waals surface area contributed by atoms with Gasteiger partial charge in [0, 0.05) is 6.20 Å². The van der Waals surface area contributed by atoms with Gasteiger partial charge in [0.25, 0.3) is 0 Å². The van der Waals surface area contributed by atoms with E-state index in [1.165, 1.54) is 17.5 Å². The number of hydrogen-bond acceptors (Lipinski definition) is 6. The molecule has 13 heavy (non-hydrogen) atoms. The summed E-state index contributed by atoms with van der Waals surface area (Å²) in [6.45, 7) is 1.93. The molecule has 0 radical (unpaired) electrons. The first-order valence-corrected chi connectivity index (χ1v) is 4.45. The molecule has 0 bridgehead atoms. The van der Waals surface area contributed by atoms with Crippen LogP contribution < -0.4 is 0 Å². The van der Waals surface area contributed by atoms with E-state index in [1.54, 1.807) is 12.4 Å². The zero-order chi connectivity index (χ0) is 9.68. The van der Waals surface area contributed by atoms with Crippen LogP contribution in [0, 0.1) is 0 Å². The molecule has 1 N–H and O–H groups in total. The number of oxime groups is 1. The highest BCUT2D eigenvalue weighted by Gasteiger charge is 2.17. The Morgan fingerprint density at radius 1 is 1.85 bits per heavy atom. The SMILES string of the molecule is CCOC(=O)C(=NO)c1cncs1. The van der Waals surface area contributed by atoms with Crippen LogP contribution >= 0.6 is 11.3 Å². The molecule has 5 nitrogen and oxygen atoms in total. The summed E-state index contributed by atoms with van der Waals surface area (Å²) in [5.41, 5.74) is 1.43. The van der Waals surface area contributed by atoms with Crippen LogP contribution in [0.4, 0.5) is 0 Å². The van der Waals surface area contributed by atoms with Crippen molar-refractivity contribution in [3.8, 4) is 0 Å². The fourth-order valence-electron chi connectivity index (χ4n) is 0.723. The molecule has 1 heterocycles. The molecule has 70 valence electrons. The van der Waals surface area contributed by atoms with Crippen molar-refractivity contribution < 1.29 is 14.7 Å². The van der Waals surface area contributed by atoms with Gasteiger partial charge in [0.15, 0.2) is 0 Å². The van der Waals surface area contributed by atoms with E-state index in [2.05, 4.69) is 14.9 Å². The molecule has 6 heteroatoms. The summed E-state index contributed by atoms with van der Waals surface area (Å²) in [4.78, 5) is 15.4. The molecule has 0 fully saturated rings. The summed E-state index contributed by atoms with van der Waals surface area (Å²) in [6.07, 6.45) is 1.44. The largest absolute Gasteiger partial charge is 0.461 e. The van der Waals surface area contributed by atoms with Gasteiger partial charge in [0.05, 0.1) is 17.0 Å². The molecule has 1 aromatic rings. The topological polar surface area (TPSA) is 71.8 Å². The standard InChI is InChI=1S/C7H8N2O3S/c1-2-12-7(10)6(9-11)5-3-8-4-13-5/h3-4,11H,2H2,1H3. The molecule has 0 aliphatic heterocycles. The second-order valence-electron chi connectivity index (χ2n) is 2.03. The van der Waals surface area contributed by atoms with Gasteiger partial charge in [-0.05, 0) is 6.92 Å². The van der Waals surface area contributed by atoms with Crippen molar-refractivity contribution in [2.45, 2.75) is 6.92 Å². The summed E-state index contributed by atoms with van der Waals surface area (Å²) in [5.74, 6) is -0.644. The minimum Gasteiger partial charge on any atom is -0.461 e. The molecule has 0 amide bonds. The lowest BCUT2D eigenvalue weighted by atomic mass is 10.3. The van der Waals surface area contributed by atoms with Crippen molar-refractivity contribution >= 4 is 23.0 Å². The second-order valence-corrected chi connectivity index (χ2v) is 2.92. The molecule has 1 rings (SSSR count). The van der Waals surface area contributed by atoms with Crippen LogP contribution in [0.15, 0.2) is 16.9 Å². The molecule has 0 saturated carbocycles. The average molecular weight is 200 g/mol. The number of carbonyl (C=O) groups excluding carboxylic acids is 1. The number of rotatable bonds is 3. The van der Waals surface area contributed by atoms with Crippen LogP contribution in [0.3, 0.4) is 0 Å². The van der Waals surface area contributed by atoms with Crippen molar-refractivity contribution in [2.24, 2.45) is 5.16 Å². The Labute approximate surface area is 78.7 Å². The molecule has 0 aromatic carbocycles. The Bertz CT molecular complexity index is 308. The highest BCUT2D eigenvalue weighted by molar-refractivity contribution is 7.12. The van der Waals surface area contributed by atoms with E-state index in [0.717, 1.165) is 0 Å². The number of esters is 1. The van der Waals surface area contributed by atoms with E-state index in [-0.39, 0.29) is 12.3 Å². The Kier molecular flexibility index (Phi) is 3.39. The lowest BCUT2D eigenvalue weighted by Crippen LogP contribution is -2.17. The van der Waals surface area contributed by atoms with E-state index in [1.807, 2.05) is 0 Å². The molecular weight excluding hydrogens is 192 g/mol. The first kappa shape index (κ1) is 9.66. The summed E-state index contributed by atoms with van der Waals surface area (Å²) < 4.78 is 4.67. The van der Waals surface area contributed by atoms with Crippen LogP contribution in [0.1, 0.15) is 11.8 Å². The van der Waals surface area contributed by atoms with E-state index in [4.69, 9.17) is 5.21 Å². The summed E-state index contributed by atoms with van der Waals surface area (Å²) in [7, 11) is 0. The number of aromatic nitrogens is 1. The zero-order valence-electron chi connectivity index (χ0n) is 6.93. The molecule has 0 aliphatic rings. The maximum atomic E-state index is 11.1. The fourth-order valence-corrected chi connectivity index (χ4v) is 1.32. The van der Waals surface area contributed by atoms with Crippen LogP contribution in [0.25, 0.3) is 0 Å². The smallest absolute Gasteiger partial charge is 0.361 e. The van der Waals surface area contributed by atoms with E-state index >= 15 is 0 Å². The predicted octanol–water partition coefficient (Wildman–Crippen LogP) is 0.885. The number of hydrogen-bond donors (Lipinski definition) is 1. The highest BCUT2D eigenvalue weighted by Crippen LogP contribution is 2.08. The number of nitrogens with zero attached hydrogens (tertiary/aromatic N) is 2. The third kappa shape index (κ3) is 2.25. The molecule has 0 unspecified atom stereocenters. The fraction of sp³-hybridized carbons (Fsp3) is 0.286. The maximum Gasteiger partial charge on any atom is 0.361 e. The van der Waals surface area contributed by atoms with Gasteiger partial charge in [-0.2, -0.15) is 0 Å². The summed E-state index contributed by atoms with van der Waals surface area (Å²) in [5, 5.41) is 11.4. The summed E-state index contributed by atoms with van der Waals surface area (Å²) in [6, 6.07) is 0. The third-order valence-electron chi connectivity index (χ3n) is 1.23. The molecular formula is C7H8N2O3S. The van der Waals surface area contributed by atoms with Gasteiger partial charge in [-0.1, -0.05) is 5.16 Å². The van der Waals surface area contributed by atoms with Gasteiger partial charge in [-0.15, -0.1) is 11.3 Å². The van der Waals surface area contributed by atoms with Crippen molar-refractivity contribution in [3.05, 3.63) is 16.6 Å². The van der Waals surface area contributed by atoms with Gasteiger partial charge < -0.3 is 9.94 Å². The normalized spacial score (nSPS) is 11.3. The lowest BCUT2D eigenvalue weighted by Gasteiger charge is -1.99. The van der Waals surface area contributed by atoms with Crippen molar-refractivity contribution in [1.29, 1.82) is 0 Å². The van der Waals surface area contributed by atoms with Crippen molar-refractivity contribution in [1.82, 2.24) is 4.98 Å². The Balaban J connectivity index is 2.82. The van der Waals surface area contributed by atoms with Crippen molar-refractivity contribution in [3.63, 3.8) is 0 Å². The molecule has 1 aromatic heterocycles. The molecule has 0 saturated heterocycles. The molecule has 0 atom stereocenters. The first-order chi connectivity index (χ1) is 6.29. The third-order valence-corrected chi connectivity index (χ3v) is 2.01. The quantitative estimate of drug-likeness (QED) is 0.340. The van der Waals surface area contributed by atoms with E-state index < -0.39 is 5.97 Å². The minimum absolute atomic E-state index is 0.107. The zero-order valence-corrected chi connectivity index (χ0v) is 7.74. The molecule has 0 aliphatic carbocycles.